The summed E-state index contributed by atoms with van der Waals surface area (Å²) in [6.45, 7) is 19.3. The van der Waals surface area contributed by atoms with Crippen molar-refractivity contribution in [1.82, 2.24) is 13.7 Å². The zero-order valence-electron chi connectivity index (χ0n) is 72.1. The molecule has 104 heavy (non-hydrogen) atoms. The third-order valence-corrected chi connectivity index (χ3v) is 21.4. The third kappa shape index (κ3) is 9.83. The van der Waals surface area contributed by atoms with Gasteiger partial charge in [-0.05, 0) is 204 Å². The Kier molecular flexibility index (Phi) is 11.2. The van der Waals surface area contributed by atoms with E-state index in [1.807, 2.05) is 97.1 Å². The first-order chi connectivity index (χ1) is 55.8. The summed E-state index contributed by atoms with van der Waals surface area (Å²) in [5, 5.41) is 16.2. The fourth-order valence-corrected chi connectivity index (χ4v) is 16.3. The molecular weight excluding hydrogens is 1260 g/mol. The predicted octanol–water partition coefficient (Wildman–Crippen LogP) is 23.8. The number of aromatic nitrogens is 3. The van der Waals surface area contributed by atoms with Crippen LogP contribution in [0.25, 0.3) is 116 Å². The highest BCUT2D eigenvalue weighted by molar-refractivity contribution is 7.00. The van der Waals surface area contributed by atoms with E-state index in [4.69, 9.17) is 6.85 Å². The Hall–Kier alpha value is -12.4. The van der Waals surface area contributed by atoms with Crippen LogP contribution in [0.1, 0.15) is 102 Å². The van der Waals surface area contributed by atoms with E-state index in [2.05, 4.69) is 203 Å². The fraction of sp³-hybridized carbons (Fsp3) is 0.124. The standard InChI is InChI=1S/C97H77BN6/c1-95(2,3)66-41-48-87-79(53-66)80-54-67(96(4,5)6)42-49-88(80)102(87)71-45-47-82-91(59-71)104(89-57-69(43-40-63(89)60-99)100-83-36-22-18-32-75(83)76-33-19-23-37-84(76)100)93-56-68(97(7,8)9)55-92-94(93)98(82)81-46-44-70(101-85-38-24-20-34-77(85)78-35-21-25-39-86(78)101)58-90(81)103(92)72-51-64(61-26-12-10-13-27-61)50-65(52-72)74-31-17-16-30-73(74)62-28-14-11-15-29-62/h10-59H,1-9H3/i11D,14D,15D,20D,21D,24D,25D,28D,29D,34D,35D,38D,39D. The molecule has 5 heterocycles. The SMILES string of the molecule is [2H]c1c([2H])c([2H])c(-c2ccccc2-c2cc(-c3ccccc3)cc(N3c4cc(-n5c6c([2H])c([2H])c([2H])c([2H])c6c6c([2H])c([2H])c([2H])c([2H])c65)ccc4B4c5ccc(-n6c7ccc(C(C)(C)C)cc7c7cc(C(C)(C)C)ccc76)cc5N(c5cc(-n6c7ccccc7c7ccccc76)ccc5C#N)c5cc(C(C)(C)C)cc3c54)c2)c([2H])c1[2H]. The van der Waals surface area contributed by atoms with Crippen LogP contribution in [0.5, 0.6) is 0 Å². The molecule has 14 aromatic carbocycles. The van der Waals surface area contributed by atoms with Crippen molar-refractivity contribution in [3.05, 3.63) is 325 Å². The van der Waals surface area contributed by atoms with Crippen molar-refractivity contribution in [3.63, 3.8) is 0 Å². The highest BCUT2D eigenvalue weighted by Gasteiger charge is 2.45. The lowest BCUT2D eigenvalue weighted by Gasteiger charge is -2.45. The van der Waals surface area contributed by atoms with Crippen LogP contribution >= 0.6 is 0 Å². The average molecular weight is 1350 g/mol. The van der Waals surface area contributed by atoms with E-state index >= 15 is 0 Å². The molecule has 0 saturated heterocycles. The van der Waals surface area contributed by atoms with Crippen LogP contribution in [0, 0.1) is 11.3 Å². The molecule has 3 aromatic heterocycles. The molecule has 2 aliphatic rings. The number of nitriles is 1. The number of benzene rings is 14. The highest BCUT2D eigenvalue weighted by Crippen LogP contribution is 2.51. The molecule has 0 spiro atoms. The molecule has 0 N–H and O–H groups in total. The zero-order valence-corrected chi connectivity index (χ0v) is 59.1. The number of nitrogens with zero attached hydrogens (tertiary/aromatic N) is 6. The van der Waals surface area contributed by atoms with E-state index in [9.17, 15) is 16.2 Å². The Morgan fingerprint density at radius 3 is 1.32 bits per heavy atom. The molecule has 17 aromatic rings. The Balaban J connectivity index is 0.971. The Labute approximate surface area is 626 Å². The van der Waals surface area contributed by atoms with Gasteiger partial charge < -0.3 is 23.5 Å². The molecule has 0 radical (unpaired) electrons. The number of anilines is 6. The van der Waals surface area contributed by atoms with Crippen molar-refractivity contribution in [2.24, 2.45) is 0 Å². The molecular formula is C97H77BN6. The van der Waals surface area contributed by atoms with Gasteiger partial charge in [-0.25, -0.2) is 0 Å². The van der Waals surface area contributed by atoms with Gasteiger partial charge in [0, 0.05) is 77.8 Å². The summed E-state index contributed by atoms with van der Waals surface area (Å²) in [6, 6.07) is 73.5. The molecule has 0 bridgehead atoms. The molecule has 0 atom stereocenters. The van der Waals surface area contributed by atoms with E-state index in [-0.39, 0.29) is 50.3 Å². The molecule has 2 aliphatic heterocycles. The van der Waals surface area contributed by atoms with Gasteiger partial charge in [-0.3, -0.25) is 0 Å². The summed E-state index contributed by atoms with van der Waals surface area (Å²) < 4.78 is 127. The maximum Gasteiger partial charge on any atom is 0.252 e. The molecule has 6 nitrogen and oxygen atoms in total. The first-order valence-corrected chi connectivity index (χ1v) is 35.4. The van der Waals surface area contributed by atoms with Gasteiger partial charge in [-0.2, -0.15) is 5.26 Å². The number of para-hydroxylation sites is 4. The smallest absolute Gasteiger partial charge is 0.252 e. The van der Waals surface area contributed by atoms with Crippen LogP contribution in [0.3, 0.4) is 0 Å². The molecule has 498 valence electrons. The van der Waals surface area contributed by atoms with Crippen molar-refractivity contribution >= 4 is 123 Å². The van der Waals surface area contributed by atoms with Crippen LogP contribution in [-0.4, -0.2) is 20.4 Å². The molecule has 7 heteroatoms. The lowest BCUT2D eigenvalue weighted by molar-refractivity contribution is 0.590. The fourth-order valence-electron chi connectivity index (χ4n) is 16.3. The second-order valence-electron chi connectivity index (χ2n) is 30.7. The van der Waals surface area contributed by atoms with Gasteiger partial charge in [-0.1, -0.05) is 244 Å². The molecule has 0 aliphatic carbocycles. The maximum atomic E-state index is 12.0. The van der Waals surface area contributed by atoms with Crippen molar-refractivity contribution < 1.29 is 17.8 Å². The minimum absolute atomic E-state index is 0.0245. The lowest BCUT2D eigenvalue weighted by atomic mass is 9.33. The van der Waals surface area contributed by atoms with Crippen molar-refractivity contribution in [3.8, 4) is 56.5 Å². The predicted molar refractivity (Wildman–Crippen MR) is 441 cm³/mol. The van der Waals surface area contributed by atoms with Crippen molar-refractivity contribution in [2.75, 3.05) is 9.80 Å². The zero-order chi connectivity index (χ0) is 82.0. The summed E-state index contributed by atoms with van der Waals surface area (Å²) in [6.07, 6.45) is 0. The van der Waals surface area contributed by atoms with Crippen LogP contribution in [0.15, 0.2) is 303 Å². The Morgan fingerprint density at radius 2 is 0.760 bits per heavy atom. The minimum Gasteiger partial charge on any atom is -0.311 e. The van der Waals surface area contributed by atoms with Gasteiger partial charge in [0.25, 0.3) is 6.71 Å². The van der Waals surface area contributed by atoms with E-state index in [1.165, 1.54) is 11.1 Å². The van der Waals surface area contributed by atoms with Gasteiger partial charge in [0.1, 0.15) is 6.07 Å². The maximum absolute atomic E-state index is 12.0. The van der Waals surface area contributed by atoms with Crippen molar-refractivity contribution in [2.45, 2.75) is 78.6 Å². The van der Waals surface area contributed by atoms with E-state index < -0.39 is 78.6 Å². The Morgan fingerprint density at radius 1 is 0.308 bits per heavy atom. The van der Waals surface area contributed by atoms with E-state index in [1.54, 1.807) is 16.7 Å². The number of fused-ring (bicyclic) bond motifs is 13. The summed E-state index contributed by atoms with van der Waals surface area (Å²) in [5.74, 6) is 0. The van der Waals surface area contributed by atoms with Gasteiger partial charge >= 0.3 is 0 Å². The van der Waals surface area contributed by atoms with Crippen LogP contribution in [0.4, 0.5) is 34.1 Å². The average Bonchev–Trinajstić information content (AvgIpc) is 1.41. The van der Waals surface area contributed by atoms with Crippen LogP contribution in [-0.2, 0) is 16.2 Å². The van der Waals surface area contributed by atoms with Gasteiger partial charge in [0.05, 0.1) is 62.2 Å². The van der Waals surface area contributed by atoms with Gasteiger partial charge in [-0.15, -0.1) is 0 Å². The Bertz CT molecular complexity index is 7060. The topological polar surface area (TPSA) is 45.1 Å². The second-order valence-corrected chi connectivity index (χ2v) is 30.7. The number of hydrogen-bond donors (Lipinski definition) is 0. The normalized spacial score (nSPS) is 14.7. The number of rotatable bonds is 8. The third-order valence-electron chi connectivity index (χ3n) is 21.4. The first kappa shape index (κ1) is 50.1. The molecule has 19 rings (SSSR count). The summed E-state index contributed by atoms with van der Waals surface area (Å²) in [4.78, 5) is 4.50. The quantitative estimate of drug-likeness (QED) is 0.142. The first-order valence-electron chi connectivity index (χ1n) is 41.9. The summed E-state index contributed by atoms with van der Waals surface area (Å²) >= 11 is 0. The lowest BCUT2D eigenvalue weighted by Crippen LogP contribution is -2.61. The molecule has 0 amide bonds. The minimum atomic E-state index is -0.646. The van der Waals surface area contributed by atoms with E-state index in [0.717, 1.165) is 105 Å². The summed E-state index contributed by atoms with van der Waals surface area (Å²) in [7, 11) is 0. The largest absolute Gasteiger partial charge is 0.311 e. The second kappa shape index (κ2) is 23.3. The van der Waals surface area contributed by atoms with Gasteiger partial charge in [0.2, 0.25) is 0 Å². The molecule has 0 fully saturated rings. The van der Waals surface area contributed by atoms with Gasteiger partial charge in [0.15, 0.2) is 0 Å². The van der Waals surface area contributed by atoms with Crippen LogP contribution in [0.2, 0.25) is 0 Å². The molecule has 0 saturated carbocycles. The monoisotopic (exact) mass is 1350 g/mol. The molecule has 0 unspecified atom stereocenters. The van der Waals surface area contributed by atoms with E-state index in [0.29, 0.717) is 45.0 Å². The summed E-state index contributed by atoms with van der Waals surface area (Å²) in [5.41, 5.74) is 18.4. The highest BCUT2D eigenvalue weighted by atomic mass is 15.2. The number of hydrogen-bond acceptors (Lipinski definition) is 3. The van der Waals surface area contributed by atoms with Crippen molar-refractivity contribution in [1.29, 1.82) is 5.26 Å². The van der Waals surface area contributed by atoms with Crippen LogP contribution < -0.4 is 26.2 Å².